The van der Waals surface area contributed by atoms with Gasteiger partial charge < -0.3 is 20.1 Å². The number of nitrogens with zero attached hydrogens (tertiary/aromatic N) is 1. The van der Waals surface area contributed by atoms with Crippen LogP contribution in [0, 0.1) is 5.92 Å². The molecule has 2 aromatic carbocycles. The fourth-order valence-electron chi connectivity index (χ4n) is 3.03. The summed E-state index contributed by atoms with van der Waals surface area (Å²) in [5, 5.41) is 12.3. The SMILES string of the molecule is CCN1CCC(CNC(=O)c2ccc(Oc3ccc(O)cc3)cc2)C1. The van der Waals surface area contributed by atoms with Crippen LogP contribution in [-0.2, 0) is 0 Å². The van der Waals surface area contributed by atoms with Crippen LogP contribution in [0.25, 0.3) is 0 Å². The highest BCUT2D eigenvalue weighted by molar-refractivity contribution is 5.94. The second kappa shape index (κ2) is 8.03. The quantitative estimate of drug-likeness (QED) is 0.847. The second-order valence-corrected chi connectivity index (χ2v) is 6.38. The number of phenolic OH excluding ortho intramolecular Hbond substituents is 1. The van der Waals surface area contributed by atoms with Crippen molar-refractivity contribution in [2.75, 3.05) is 26.2 Å². The molecule has 1 aliphatic rings. The van der Waals surface area contributed by atoms with Crippen LogP contribution >= 0.6 is 0 Å². The van der Waals surface area contributed by atoms with Crippen molar-refractivity contribution in [2.24, 2.45) is 5.92 Å². The zero-order valence-electron chi connectivity index (χ0n) is 14.4. The standard InChI is InChI=1S/C20H24N2O3/c1-2-22-12-11-15(14-22)13-21-20(24)16-3-7-18(8-4-16)25-19-9-5-17(23)6-10-19/h3-10,15,23H,2,11-14H2,1H3,(H,21,24). The summed E-state index contributed by atoms with van der Waals surface area (Å²) in [5.41, 5.74) is 0.628. The van der Waals surface area contributed by atoms with Crippen LogP contribution in [0.2, 0.25) is 0 Å². The van der Waals surface area contributed by atoms with Crippen molar-refractivity contribution in [2.45, 2.75) is 13.3 Å². The molecule has 1 heterocycles. The van der Waals surface area contributed by atoms with Gasteiger partial charge in [-0.25, -0.2) is 0 Å². The molecule has 0 aromatic heterocycles. The molecule has 1 saturated heterocycles. The van der Waals surface area contributed by atoms with E-state index in [-0.39, 0.29) is 11.7 Å². The van der Waals surface area contributed by atoms with Gasteiger partial charge in [0.2, 0.25) is 0 Å². The number of carbonyl (C=O) groups excluding carboxylic acids is 1. The minimum Gasteiger partial charge on any atom is -0.508 e. The molecule has 1 amide bonds. The Bertz CT molecular complexity index is 698. The van der Waals surface area contributed by atoms with Crippen LogP contribution in [0.15, 0.2) is 48.5 Å². The highest BCUT2D eigenvalue weighted by atomic mass is 16.5. The normalized spacial score (nSPS) is 17.4. The Morgan fingerprint density at radius 3 is 2.40 bits per heavy atom. The van der Waals surface area contributed by atoms with Crippen LogP contribution < -0.4 is 10.1 Å². The number of carbonyl (C=O) groups is 1. The summed E-state index contributed by atoms with van der Waals surface area (Å²) in [6.07, 6.45) is 1.15. The Morgan fingerprint density at radius 2 is 1.80 bits per heavy atom. The molecule has 1 unspecified atom stereocenters. The van der Waals surface area contributed by atoms with Gasteiger partial charge >= 0.3 is 0 Å². The predicted molar refractivity (Wildman–Crippen MR) is 97.2 cm³/mol. The van der Waals surface area contributed by atoms with Crippen molar-refractivity contribution in [3.63, 3.8) is 0 Å². The Labute approximate surface area is 148 Å². The highest BCUT2D eigenvalue weighted by Gasteiger charge is 2.21. The van der Waals surface area contributed by atoms with Gasteiger partial charge in [0.25, 0.3) is 5.91 Å². The number of amides is 1. The van der Waals surface area contributed by atoms with Gasteiger partial charge in [-0.2, -0.15) is 0 Å². The highest BCUT2D eigenvalue weighted by Crippen LogP contribution is 2.23. The molecule has 3 rings (SSSR count). The summed E-state index contributed by atoms with van der Waals surface area (Å²) in [4.78, 5) is 14.7. The summed E-state index contributed by atoms with van der Waals surface area (Å²) in [6, 6.07) is 13.6. The van der Waals surface area contributed by atoms with E-state index in [0.29, 0.717) is 23.0 Å². The van der Waals surface area contributed by atoms with Crippen molar-refractivity contribution in [3.05, 3.63) is 54.1 Å². The van der Waals surface area contributed by atoms with Crippen molar-refractivity contribution >= 4 is 5.91 Å². The average Bonchev–Trinajstić information content (AvgIpc) is 3.10. The number of nitrogens with one attached hydrogen (secondary N) is 1. The van der Waals surface area contributed by atoms with Gasteiger partial charge in [-0.15, -0.1) is 0 Å². The molecule has 1 atom stereocenters. The van der Waals surface area contributed by atoms with E-state index < -0.39 is 0 Å². The number of hydrogen-bond acceptors (Lipinski definition) is 4. The van der Waals surface area contributed by atoms with Crippen LogP contribution in [0.3, 0.4) is 0 Å². The smallest absolute Gasteiger partial charge is 0.251 e. The van der Waals surface area contributed by atoms with E-state index in [1.54, 1.807) is 48.5 Å². The molecule has 0 bridgehead atoms. The third-order valence-corrected chi connectivity index (χ3v) is 4.56. The van der Waals surface area contributed by atoms with Crippen molar-refractivity contribution in [3.8, 4) is 17.2 Å². The lowest BCUT2D eigenvalue weighted by Gasteiger charge is -2.14. The van der Waals surface area contributed by atoms with Gasteiger partial charge in [-0.05, 0) is 74.0 Å². The molecule has 2 N–H and O–H groups in total. The fraction of sp³-hybridized carbons (Fsp3) is 0.350. The first-order chi connectivity index (χ1) is 12.1. The molecule has 2 aromatic rings. The maximum atomic E-state index is 12.3. The summed E-state index contributed by atoms with van der Waals surface area (Å²) in [6.45, 7) is 6.16. The van der Waals surface area contributed by atoms with Gasteiger partial charge in [0, 0.05) is 18.7 Å². The van der Waals surface area contributed by atoms with Crippen molar-refractivity contribution in [1.29, 1.82) is 0 Å². The van der Waals surface area contributed by atoms with Crippen LogP contribution in [0.5, 0.6) is 17.2 Å². The van der Waals surface area contributed by atoms with E-state index in [9.17, 15) is 9.90 Å². The van der Waals surface area contributed by atoms with Gasteiger partial charge in [0.05, 0.1) is 0 Å². The first kappa shape index (κ1) is 17.3. The van der Waals surface area contributed by atoms with E-state index in [2.05, 4.69) is 17.1 Å². The lowest BCUT2D eigenvalue weighted by Crippen LogP contribution is -2.30. The van der Waals surface area contributed by atoms with Crippen LogP contribution in [0.4, 0.5) is 0 Å². The number of rotatable bonds is 6. The lowest BCUT2D eigenvalue weighted by atomic mass is 10.1. The predicted octanol–water partition coefficient (Wildman–Crippen LogP) is 3.26. The molecule has 0 aliphatic carbocycles. The van der Waals surface area contributed by atoms with E-state index in [0.717, 1.165) is 32.6 Å². The Balaban J connectivity index is 1.51. The zero-order valence-corrected chi connectivity index (χ0v) is 14.4. The molecule has 132 valence electrons. The first-order valence-corrected chi connectivity index (χ1v) is 8.71. The number of phenols is 1. The first-order valence-electron chi connectivity index (χ1n) is 8.71. The summed E-state index contributed by atoms with van der Waals surface area (Å²) in [5.74, 6) is 1.98. The molecule has 0 saturated carbocycles. The van der Waals surface area contributed by atoms with E-state index in [1.165, 1.54) is 0 Å². The Hall–Kier alpha value is -2.53. The van der Waals surface area contributed by atoms with Gasteiger partial charge in [0.15, 0.2) is 0 Å². The molecule has 0 spiro atoms. The third kappa shape index (κ3) is 4.73. The van der Waals surface area contributed by atoms with E-state index in [1.807, 2.05) is 0 Å². The molecule has 1 fully saturated rings. The molecule has 25 heavy (non-hydrogen) atoms. The second-order valence-electron chi connectivity index (χ2n) is 6.38. The Kier molecular flexibility index (Phi) is 5.56. The third-order valence-electron chi connectivity index (χ3n) is 4.56. The molecule has 5 heteroatoms. The molecule has 5 nitrogen and oxygen atoms in total. The Morgan fingerprint density at radius 1 is 1.16 bits per heavy atom. The molecule has 0 radical (unpaired) electrons. The average molecular weight is 340 g/mol. The number of likely N-dealkylation sites (tertiary alicyclic amines) is 1. The number of hydrogen-bond donors (Lipinski definition) is 2. The minimum atomic E-state index is -0.0499. The lowest BCUT2D eigenvalue weighted by molar-refractivity contribution is 0.0947. The largest absolute Gasteiger partial charge is 0.508 e. The van der Waals surface area contributed by atoms with Gasteiger partial charge in [-0.3, -0.25) is 4.79 Å². The topological polar surface area (TPSA) is 61.8 Å². The van der Waals surface area contributed by atoms with Crippen LogP contribution in [0.1, 0.15) is 23.7 Å². The van der Waals surface area contributed by atoms with Crippen molar-refractivity contribution in [1.82, 2.24) is 10.2 Å². The summed E-state index contributed by atoms with van der Waals surface area (Å²) < 4.78 is 5.69. The summed E-state index contributed by atoms with van der Waals surface area (Å²) >= 11 is 0. The van der Waals surface area contributed by atoms with Gasteiger partial charge in [0.1, 0.15) is 17.2 Å². The minimum absolute atomic E-state index is 0.0499. The monoisotopic (exact) mass is 340 g/mol. The van der Waals surface area contributed by atoms with E-state index >= 15 is 0 Å². The zero-order chi connectivity index (χ0) is 17.6. The van der Waals surface area contributed by atoms with E-state index in [4.69, 9.17) is 4.74 Å². The number of ether oxygens (including phenoxy) is 1. The molecular weight excluding hydrogens is 316 g/mol. The fourth-order valence-corrected chi connectivity index (χ4v) is 3.03. The molecular formula is C20H24N2O3. The summed E-state index contributed by atoms with van der Waals surface area (Å²) in [7, 11) is 0. The maximum Gasteiger partial charge on any atom is 0.251 e. The maximum absolute atomic E-state index is 12.3. The van der Waals surface area contributed by atoms with Crippen LogP contribution in [-0.4, -0.2) is 42.1 Å². The number of benzene rings is 2. The molecule has 1 aliphatic heterocycles. The van der Waals surface area contributed by atoms with Gasteiger partial charge in [-0.1, -0.05) is 6.92 Å². The van der Waals surface area contributed by atoms with Crippen molar-refractivity contribution < 1.29 is 14.6 Å². The number of aromatic hydroxyl groups is 1.